The van der Waals surface area contributed by atoms with Gasteiger partial charge in [0.05, 0.1) is 19.3 Å². The molecule has 33 heavy (non-hydrogen) atoms. The van der Waals surface area contributed by atoms with Crippen LogP contribution in [0.5, 0.6) is 5.75 Å². The molecular weight excluding hydrogens is 441 g/mol. The number of methoxy groups -OCH3 is 1. The highest BCUT2D eigenvalue weighted by Gasteiger charge is 2.26. The molecule has 1 aliphatic carbocycles. The van der Waals surface area contributed by atoms with Crippen LogP contribution in [0.4, 0.5) is 4.39 Å². The molecule has 1 aromatic heterocycles. The lowest BCUT2D eigenvalue weighted by molar-refractivity contribution is -0.132. The summed E-state index contributed by atoms with van der Waals surface area (Å²) in [5.74, 6) is 1.28. The zero-order chi connectivity index (χ0) is 23.0. The quantitative estimate of drug-likeness (QED) is 0.398. The Morgan fingerprint density at radius 2 is 1.76 bits per heavy atom. The molecule has 0 N–H and O–H groups in total. The third-order valence-electron chi connectivity index (χ3n) is 5.88. The number of aromatic nitrogens is 2. The fourth-order valence-corrected chi connectivity index (χ4v) is 4.76. The first-order chi connectivity index (χ1) is 16.1. The van der Waals surface area contributed by atoms with Gasteiger partial charge in [0, 0.05) is 12.6 Å². The van der Waals surface area contributed by atoms with Gasteiger partial charge in [-0.25, -0.2) is 4.39 Å². The molecule has 8 heteroatoms. The molecule has 0 saturated heterocycles. The summed E-state index contributed by atoms with van der Waals surface area (Å²) in [6.45, 7) is 0.483. The number of amides is 1. The van der Waals surface area contributed by atoms with Crippen LogP contribution in [-0.2, 0) is 17.8 Å². The highest BCUT2D eigenvalue weighted by Crippen LogP contribution is 2.26. The van der Waals surface area contributed by atoms with Gasteiger partial charge < -0.3 is 14.1 Å². The van der Waals surface area contributed by atoms with Gasteiger partial charge in [0.2, 0.25) is 11.8 Å². The van der Waals surface area contributed by atoms with E-state index in [1.807, 2.05) is 29.2 Å². The van der Waals surface area contributed by atoms with Crippen LogP contribution in [0.2, 0.25) is 0 Å². The molecule has 0 atom stereocenters. The number of halogens is 1. The van der Waals surface area contributed by atoms with Crippen LogP contribution in [-0.4, -0.2) is 39.9 Å². The molecular formula is C25H28FN3O3S. The van der Waals surface area contributed by atoms with Gasteiger partial charge >= 0.3 is 0 Å². The van der Waals surface area contributed by atoms with Crippen LogP contribution >= 0.6 is 11.8 Å². The molecule has 174 valence electrons. The van der Waals surface area contributed by atoms with E-state index in [2.05, 4.69) is 10.2 Å². The lowest BCUT2D eigenvalue weighted by atomic mass is 9.94. The zero-order valence-electron chi connectivity index (χ0n) is 18.7. The normalized spacial score (nSPS) is 14.2. The third-order valence-corrected chi connectivity index (χ3v) is 6.69. The Kier molecular flexibility index (Phi) is 7.99. The second kappa shape index (κ2) is 11.3. The fourth-order valence-electron chi connectivity index (χ4n) is 4.09. The van der Waals surface area contributed by atoms with Gasteiger partial charge in [0.15, 0.2) is 0 Å². The molecule has 1 amide bonds. The number of ether oxygens (including phenoxy) is 1. The van der Waals surface area contributed by atoms with Crippen molar-refractivity contribution >= 4 is 17.7 Å². The van der Waals surface area contributed by atoms with E-state index in [1.54, 1.807) is 19.2 Å². The van der Waals surface area contributed by atoms with Crippen molar-refractivity contribution in [1.82, 2.24) is 15.1 Å². The molecule has 1 aliphatic rings. The van der Waals surface area contributed by atoms with Crippen LogP contribution in [0.15, 0.2) is 58.2 Å². The maximum Gasteiger partial charge on any atom is 0.277 e. The average Bonchev–Trinajstić information content (AvgIpc) is 3.30. The Labute approximate surface area is 197 Å². The van der Waals surface area contributed by atoms with E-state index in [4.69, 9.17) is 9.15 Å². The number of hydrogen-bond acceptors (Lipinski definition) is 6. The molecule has 0 aliphatic heterocycles. The topological polar surface area (TPSA) is 68.5 Å². The number of rotatable bonds is 9. The Morgan fingerprint density at radius 3 is 2.45 bits per heavy atom. The predicted molar refractivity (Wildman–Crippen MR) is 125 cm³/mol. The molecule has 1 heterocycles. The Bertz CT molecular complexity index is 1030. The van der Waals surface area contributed by atoms with E-state index in [-0.39, 0.29) is 23.5 Å². The van der Waals surface area contributed by atoms with E-state index in [9.17, 15) is 9.18 Å². The van der Waals surface area contributed by atoms with E-state index in [0.29, 0.717) is 24.1 Å². The smallest absolute Gasteiger partial charge is 0.277 e. The van der Waals surface area contributed by atoms with E-state index >= 15 is 0 Å². The fraction of sp³-hybridized carbons (Fsp3) is 0.400. The number of benzene rings is 2. The van der Waals surface area contributed by atoms with Crippen LogP contribution in [0, 0.1) is 5.82 Å². The zero-order valence-corrected chi connectivity index (χ0v) is 19.5. The SMILES string of the molecule is COc1ccc(Cc2nnc(SCC(=O)N(Cc3ccc(F)cc3)C3CCCCC3)o2)cc1. The Balaban J connectivity index is 1.36. The van der Waals surface area contributed by atoms with Gasteiger partial charge in [-0.3, -0.25) is 4.79 Å². The van der Waals surface area contributed by atoms with Crippen molar-refractivity contribution in [2.75, 3.05) is 12.9 Å². The molecule has 1 fully saturated rings. The van der Waals surface area contributed by atoms with Crippen LogP contribution < -0.4 is 4.74 Å². The Morgan fingerprint density at radius 1 is 1.06 bits per heavy atom. The summed E-state index contributed by atoms with van der Waals surface area (Å²) in [4.78, 5) is 15.1. The van der Waals surface area contributed by atoms with Gasteiger partial charge in [0.25, 0.3) is 5.22 Å². The van der Waals surface area contributed by atoms with Crippen molar-refractivity contribution in [3.8, 4) is 5.75 Å². The van der Waals surface area contributed by atoms with Crippen molar-refractivity contribution in [3.63, 3.8) is 0 Å². The van der Waals surface area contributed by atoms with E-state index < -0.39 is 0 Å². The van der Waals surface area contributed by atoms with Gasteiger partial charge in [-0.1, -0.05) is 55.3 Å². The first-order valence-corrected chi connectivity index (χ1v) is 12.2. The second-order valence-corrected chi connectivity index (χ2v) is 9.14. The number of nitrogens with zero attached hydrogens (tertiary/aromatic N) is 3. The number of carbonyl (C=O) groups is 1. The highest BCUT2D eigenvalue weighted by atomic mass is 32.2. The average molecular weight is 470 g/mol. The van der Waals surface area contributed by atoms with Crippen molar-refractivity contribution in [2.45, 2.75) is 56.3 Å². The molecule has 4 rings (SSSR count). The van der Waals surface area contributed by atoms with Gasteiger partial charge in [-0.05, 0) is 48.2 Å². The summed E-state index contributed by atoms with van der Waals surface area (Å²) in [7, 11) is 1.63. The molecule has 1 saturated carbocycles. The molecule has 0 spiro atoms. The van der Waals surface area contributed by atoms with Crippen molar-refractivity contribution < 1.29 is 18.3 Å². The summed E-state index contributed by atoms with van der Waals surface area (Å²) in [5.41, 5.74) is 1.97. The predicted octanol–water partition coefficient (Wildman–Crippen LogP) is 5.26. The summed E-state index contributed by atoms with van der Waals surface area (Å²) in [5, 5.41) is 8.59. The lowest BCUT2D eigenvalue weighted by Crippen LogP contribution is -2.41. The standard InChI is InChI=1S/C25H28FN3O3S/c1-31-22-13-9-18(10-14-22)15-23-27-28-25(32-23)33-17-24(30)29(21-5-3-2-4-6-21)16-19-7-11-20(26)12-8-19/h7-14,21H,2-6,15-17H2,1H3. The molecule has 6 nitrogen and oxygen atoms in total. The van der Waals surface area contributed by atoms with Gasteiger partial charge in [0.1, 0.15) is 11.6 Å². The Hall–Kier alpha value is -2.87. The maximum atomic E-state index is 13.3. The largest absolute Gasteiger partial charge is 0.497 e. The number of thioether (sulfide) groups is 1. The van der Waals surface area contributed by atoms with Crippen LogP contribution in [0.1, 0.15) is 49.1 Å². The van der Waals surface area contributed by atoms with Crippen molar-refractivity contribution in [2.24, 2.45) is 0 Å². The molecule has 0 radical (unpaired) electrons. The summed E-state index contributed by atoms with van der Waals surface area (Å²) < 4.78 is 24.2. The van der Waals surface area contributed by atoms with Gasteiger partial charge in [-0.15, -0.1) is 10.2 Å². The highest BCUT2D eigenvalue weighted by molar-refractivity contribution is 7.99. The number of carbonyl (C=O) groups excluding carboxylic acids is 1. The minimum atomic E-state index is -0.272. The minimum Gasteiger partial charge on any atom is -0.497 e. The summed E-state index contributed by atoms with van der Waals surface area (Å²) in [6.07, 6.45) is 5.99. The molecule has 3 aromatic rings. The number of hydrogen-bond donors (Lipinski definition) is 0. The molecule has 0 unspecified atom stereocenters. The molecule has 0 bridgehead atoms. The first-order valence-electron chi connectivity index (χ1n) is 11.2. The van der Waals surface area contributed by atoms with Crippen LogP contribution in [0.25, 0.3) is 0 Å². The third kappa shape index (κ3) is 6.57. The summed E-state index contributed by atoms with van der Waals surface area (Å²) in [6, 6.07) is 14.3. The van der Waals surface area contributed by atoms with E-state index in [0.717, 1.165) is 42.6 Å². The molecule has 2 aromatic carbocycles. The summed E-state index contributed by atoms with van der Waals surface area (Å²) >= 11 is 1.26. The first kappa shape index (κ1) is 23.3. The van der Waals surface area contributed by atoms with Crippen LogP contribution in [0.3, 0.4) is 0 Å². The monoisotopic (exact) mass is 469 g/mol. The second-order valence-electron chi connectivity index (χ2n) is 8.22. The minimum absolute atomic E-state index is 0.0335. The maximum absolute atomic E-state index is 13.3. The van der Waals surface area contributed by atoms with Crippen molar-refractivity contribution in [1.29, 1.82) is 0 Å². The van der Waals surface area contributed by atoms with Crippen molar-refractivity contribution in [3.05, 3.63) is 71.4 Å². The van der Waals surface area contributed by atoms with Gasteiger partial charge in [-0.2, -0.15) is 0 Å². The lowest BCUT2D eigenvalue weighted by Gasteiger charge is -2.34. The van der Waals surface area contributed by atoms with E-state index in [1.165, 1.54) is 30.3 Å².